The van der Waals surface area contributed by atoms with Gasteiger partial charge in [0.2, 0.25) is 0 Å². The monoisotopic (exact) mass is 164 g/mol. The lowest BCUT2D eigenvalue weighted by atomic mass is 10.2. The largest absolute Gasteiger partial charge is 0.504 e. The number of aliphatic hydroxyl groups is 1. The van der Waals surface area contributed by atoms with Crippen LogP contribution in [-0.2, 0) is 4.74 Å². The Morgan fingerprint density at radius 1 is 1.25 bits per heavy atom. The van der Waals surface area contributed by atoms with Crippen LogP contribution in [0.3, 0.4) is 0 Å². The Kier molecular flexibility index (Phi) is 3.35. The molecule has 0 spiro atoms. The molecule has 12 heavy (non-hydrogen) atoms. The molecule has 0 saturated carbocycles. The molecule has 1 rings (SSSR count). The minimum atomic E-state index is 0.0767. The van der Waals surface area contributed by atoms with Crippen molar-refractivity contribution in [1.29, 1.82) is 0 Å². The third kappa shape index (κ3) is 2.40. The average molecular weight is 164 g/mol. The summed E-state index contributed by atoms with van der Waals surface area (Å²) in [5.41, 5.74) is 0. The van der Waals surface area contributed by atoms with Crippen LogP contribution in [0.1, 0.15) is 0 Å². The van der Waals surface area contributed by atoms with Gasteiger partial charge >= 0.3 is 0 Å². The van der Waals surface area contributed by atoms with Crippen molar-refractivity contribution in [2.45, 2.75) is 0 Å². The van der Waals surface area contributed by atoms with Crippen molar-refractivity contribution in [3.63, 3.8) is 0 Å². The minimum absolute atomic E-state index is 0.0767. The molecule has 0 bridgehead atoms. The van der Waals surface area contributed by atoms with Gasteiger partial charge in [0.15, 0.2) is 0 Å². The van der Waals surface area contributed by atoms with Crippen molar-refractivity contribution in [3.05, 3.63) is 34.7 Å². The molecule has 0 aromatic heterocycles. The molecular weight excluding hydrogens is 152 g/mol. The summed E-state index contributed by atoms with van der Waals surface area (Å²) in [6, 6.07) is 7.73. The highest BCUT2D eigenvalue weighted by Gasteiger charge is 1.78. The highest BCUT2D eigenvalue weighted by Crippen LogP contribution is 1.72. The van der Waals surface area contributed by atoms with E-state index in [1.165, 1.54) is 0 Å². The predicted molar refractivity (Wildman–Crippen MR) is 48.7 cm³/mol. The van der Waals surface area contributed by atoms with E-state index in [4.69, 9.17) is 9.84 Å². The molecule has 64 valence electrons. The van der Waals surface area contributed by atoms with E-state index in [2.05, 4.69) is 0 Å². The third-order valence-electron chi connectivity index (χ3n) is 1.52. The summed E-state index contributed by atoms with van der Waals surface area (Å²) in [5.74, 6) is 0. The second-order valence-electron chi connectivity index (χ2n) is 2.41. The predicted octanol–water partition coefficient (Wildman–Crippen LogP) is -0.156. The molecule has 1 aromatic rings. The number of hydrogen-bond acceptors (Lipinski definition) is 2. The maximum atomic E-state index is 8.60. The summed E-state index contributed by atoms with van der Waals surface area (Å²) >= 11 is 0. The topological polar surface area (TPSA) is 29.5 Å². The summed E-state index contributed by atoms with van der Waals surface area (Å²) in [5, 5.41) is 10.6. The maximum absolute atomic E-state index is 8.60. The van der Waals surface area contributed by atoms with Crippen molar-refractivity contribution in [1.82, 2.24) is 0 Å². The molecule has 0 aliphatic heterocycles. The molecule has 1 aromatic carbocycles. The van der Waals surface area contributed by atoms with E-state index in [0.717, 1.165) is 10.4 Å². The summed E-state index contributed by atoms with van der Waals surface area (Å²) < 4.78 is 4.84. The molecule has 0 fully saturated rings. The van der Waals surface area contributed by atoms with Crippen molar-refractivity contribution in [2.24, 2.45) is 0 Å². The molecule has 1 N–H and O–H groups in total. The highest BCUT2D eigenvalue weighted by molar-refractivity contribution is 5.26. The van der Waals surface area contributed by atoms with Crippen LogP contribution in [0.5, 0.6) is 0 Å². The van der Waals surface area contributed by atoms with Gasteiger partial charge < -0.3 is 9.84 Å². The summed E-state index contributed by atoms with van der Waals surface area (Å²) in [7, 11) is 1.62. The maximum Gasteiger partial charge on any atom is 0.0896 e. The Balaban J connectivity index is 3.01. The Labute approximate surface area is 71.4 Å². The fourth-order valence-electron chi connectivity index (χ4n) is 0.952. The van der Waals surface area contributed by atoms with Gasteiger partial charge in [0, 0.05) is 5.22 Å². The van der Waals surface area contributed by atoms with Crippen LogP contribution in [0.4, 0.5) is 0 Å². The first kappa shape index (κ1) is 8.81. The summed E-state index contributed by atoms with van der Waals surface area (Å²) in [6.07, 6.45) is 3.42. The normalized spacial score (nSPS) is 9.17. The first-order valence-corrected chi connectivity index (χ1v) is 3.77. The van der Waals surface area contributed by atoms with E-state index < -0.39 is 0 Å². The van der Waals surface area contributed by atoms with Gasteiger partial charge in [-0.05, 0) is 5.22 Å². The average Bonchev–Trinajstić information content (AvgIpc) is 2.09. The molecule has 0 amide bonds. The fourth-order valence-corrected chi connectivity index (χ4v) is 0.952. The van der Waals surface area contributed by atoms with Crippen LogP contribution in [0.15, 0.2) is 24.3 Å². The van der Waals surface area contributed by atoms with Crippen molar-refractivity contribution < 1.29 is 9.84 Å². The van der Waals surface area contributed by atoms with Gasteiger partial charge in [-0.25, -0.2) is 0 Å². The van der Waals surface area contributed by atoms with Gasteiger partial charge in [-0.15, -0.1) is 0 Å². The van der Waals surface area contributed by atoms with Gasteiger partial charge in [0.25, 0.3) is 0 Å². The van der Waals surface area contributed by atoms with E-state index in [1.807, 2.05) is 24.3 Å². The van der Waals surface area contributed by atoms with Gasteiger partial charge in [-0.3, -0.25) is 0 Å². The zero-order valence-electron chi connectivity index (χ0n) is 7.03. The van der Waals surface area contributed by atoms with Crippen LogP contribution in [-0.4, -0.2) is 18.8 Å². The Morgan fingerprint density at radius 2 is 1.83 bits per heavy atom. The van der Waals surface area contributed by atoms with Crippen LogP contribution >= 0.6 is 0 Å². The van der Waals surface area contributed by atoms with Crippen LogP contribution in [0, 0.1) is 0 Å². The molecule has 0 unspecified atom stereocenters. The van der Waals surface area contributed by atoms with Crippen molar-refractivity contribution in [2.75, 3.05) is 13.7 Å². The van der Waals surface area contributed by atoms with E-state index >= 15 is 0 Å². The molecule has 0 radical (unpaired) electrons. The lowest BCUT2D eigenvalue weighted by Gasteiger charge is -1.88. The summed E-state index contributed by atoms with van der Waals surface area (Å²) in [6.45, 7) is 0.0767. The van der Waals surface area contributed by atoms with Gasteiger partial charge in [-0.2, -0.15) is 0 Å². The second kappa shape index (κ2) is 4.57. The molecule has 0 heterocycles. The smallest absolute Gasteiger partial charge is 0.0896 e. The van der Waals surface area contributed by atoms with Crippen molar-refractivity contribution in [3.8, 4) is 0 Å². The van der Waals surface area contributed by atoms with Gasteiger partial charge in [0.05, 0.1) is 20.0 Å². The molecule has 0 aliphatic carbocycles. The zero-order chi connectivity index (χ0) is 8.81. The first-order valence-electron chi connectivity index (χ1n) is 3.77. The quantitative estimate of drug-likeness (QED) is 0.658. The van der Waals surface area contributed by atoms with Gasteiger partial charge in [0.1, 0.15) is 0 Å². The third-order valence-corrected chi connectivity index (χ3v) is 1.52. The number of rotatable bonds is 2. The number of hydrogen-bond donors (Lipinski definition) is 1. The summed E-state index contributed by atoms with van der Waals surface area (Å²) in [4.78, 5) is 0. The molecule has 2 nitrogen and oxygen atoms in total. The molecule has 2 heteroatoms. The lowest BCUT2D eigenvalue weighted by Crippen LogP contribution is -2.07. The number of aliphatic hydroxyl groups excluding tert-OH is 1. The minimum Gasteiger partial charge on any atom is -0.504 e. The molecule has 0 saturated heterocycles. The number of benzene rings is 1. The van der Waals surface area contributed by atoms with Gasteiger partial charge in [-0.1, -0.05) is 30.3 Å². The lowest BCUT2D eigenvalue weighted by molar-refractivity contribution is 0.355. The molecule has 0 atom stereocenters. The van der Waals surface area contributed by atoms with Crippen LogP contribution < -0.4 is 10.4 Å². The van der Waals surface area contributed by atoms with E-state index in [0.29, 0.717) is 0 Å². The van der Waals surface area contributed by atoms with Crippen molar-refractivity contribution >= 4 is 12.3 Å². The van der Waals surface area contributed by atoms with Crippen LogP contribution in [0.25, 0.3) is 12.3 Å². The standard InChI is InChI=1S/C10H12O2/c1-12-8-10-4-2-9(3-5-10)6-7-11/h2-6,8,11H,7H2,1H3. The molecule has 0 aliphatic rings. The Bertz CT molecular complexity index is 283. The van der Waals surface area contributed by atoms with E-state index in [1.54, 1.807) is 19.4 Å². The van der Waals surface area contributed by atoms with E-state index in [-0.39, 0.29) is 6.61 Å². The zero-order valence-corrected chi connectivity index (χ0v) is 7.03. The molecular formula is C10H12O2. The fraction of sp³-hybridized carbons (Fsp3) is 0.200. The highest BCUT2D eigenvalue weighted by atomic mass is 16.5. The van der Waals surface area contributed by atoms with Crippen LogP contribution in [0.2, 0.25) is 0 Å². The Morgan fingerprint density at radius 3 is 2.33 bits per heavy atom. The number of ether oxygens (including phenoxy) is 1. The Hall–Kier alpha value is -1.28. The SMILES string of the molecule is COC=c1ccc(=CCO)cc1. The second-order valence-corrected chi connectivity index (χ2v) is 2.41. The number of methoxy groups -OCH3 is 1. The van der Waals surface area contributed by atoms with E-state index in [9.17, 15) is 0 Å². The first-order chi connectivity index (χ1) is 5.86.